The van der Waals surface area contributed by atoms with E-state index in [0.717, 1.165) is 54.7 Å². The number of rotatable bonds is 8. The van der Waals surface area contributed by atoms with Crippen LogP contribution in [0, 0.1) is 11.3 Å². The molecular weight excluding hydrogens is 567 g/mol. The molecule has 0 radical (unpaired) electrons. The Morgan fingerprint density at radius 3 is 2.76 bits per heavy atom. The summed E-state index contributed by atoms with van der Waals surface area (Å²) in [6.45, 7) is 3.71. The second kappa shape index (κ2) is 11.9. The van der Waals surface area contributed by atoms with E-state index in [2.05, 4.69) is 49.8 Å². The lowest BCUT2D eigenvalue weighted by Gasteiger charge is -2.32. The monoisotopic (exact) mass is 597 g/mol. The first-order chi connectivity index (χ1) is 20.2. The van der Waals surface area contributed by atoms with E-state index in [9.17, 15) is 23.2 Å². The van der Waals surface area contributed by atoms with Crippen molar-refractivity contribution < 1.29 is 22.7 Å². The van der Waals surface area contributed by atoms with E-state index in [1.54, 1.807) is 6.07 Å². The molecule has 13 heteroatoms. The summed E-state index contributed by atoms with van der Waals surface area (Å²) in [5.41, 5.74) is 2.77. The molecule has 9 nitrogen and oxygen atoms in total. The van der Waals surface area contributed by atoms with Gasteiger partial charge in [-0.2, -0.15) is 18.4 Å². The Morgan fingerprint density at radius 1 is 1.19 bits per heavy atom. The molecule has 3 aromatic heterocycles. The number of morpholine rings is 1. The third-order valence-corrected chi connectivity index (χ3v) is 8.86. The van der Waals surface area contributed by atoms with Gasteiger partial charge < -0.3 is 19.9 Å². The van der Waals surface area contributed by atoms with Crippen molar-refractivity contribution in [2.24, 2.45) is 0 Å². The fourth-order valence-corrected chi connectivity index (χ4v) is 6.76. The van der Waals surface area contributed by atoms with Gasteiger partial charge in [-0.05, 0) is 49.1 Å². The minimum absolute atomic E-state index is 0.0687. The van der Waals surface area contributed by atoms with Crippen molar-refractivity contribution in [3.63, 3.8) is 0 Å². The first kappa shape index (κ1) is 28.4. The molecule has 0 unspecified atom stereocenters. The highest BCUT2D eigenvalue weighted by Crippen LogP contribution is 2.33. The van der Waals surface area contributed by atoms with Gasteiger partial charge in [0.2, 0.25) is 5.91 Å². The highest BCUT2D eigenvalue weighted by atomic mass is 32.1. The molecule has 5 heterocycles. The Labute approximate surface area is 244 Å². The number of thiophene rings is 1. The average Bonchev–Trinajstić information content (AvgIpc) is 3.53. The van der Waals surface area contributed by atoms with Crippen LogP contribution >= 0.6 is 11.3 Å². The molecule has 42 heavy (non-hydrogen) atoms. The number of anilines is 1. The van der Waals surface area contributed by atoms with E-state index in [4.69, 9.17) is 4.74 Å². The summed E-state index contributed by atoms with van der Waals surface area (Å²) >= 11 is 1.06. The summed E-state index contributed by atoms with van der Waals surface area (Å²) in [5.74, 6) is 0.488. The van der Waals surface area contributed by atoms with Gasteiger partial charge in [0, 0.05) is 54.5 Å². The van der Waals surface area contributed by atoms with Crippen molar-refractivity contribution in [1.29, 1.82) is 5.26 Å². The number of fused-ring (bicyclic) bond motifs is 2. The van der Waals surface area contributed by atoms with Crippen molar-refractivity contribution in [2.75, 3.05) is 31.6 Å². The van der Waals surface area contributed by atoms with E-state index in [0.29, 0.717) is 41.2 Å². The zero-order valence-electron chi connectivity index (χ0n) is 22.8. The van der Waals surface area contributed by atoms with Crippen LogP contribution in [-0.4, -0.2) is 69.9 Å². The number of nitrogens with one attached hydrogen (secondary N) is 2. The SMILES string of the molecule is N#Cc1cc2cc(CN3CCC(Nc4ncnc5sc(CC(F)(F)F)cc45)CC3)ccc2n1CC[C@H]1CNC(=O)CO1. The molecule has 2 fully saturated rings. The molecule has 0 bridgehead atoms. The smallest absolute Gasteiger partial charge is 0.367 e. The van der Waals surface area contributed by atoms with E-state index < -0.39 is 12.6 Å². The van der Waals surface area contributed by atoms with Crippen LogP contribution < -0.4 is 10.6 Å². The van der Waals surface area contributed by atoms with Crippen molar-refractivity contribution in [3.05, 3.63) is 52.8 Å². The summed E-state index contributed by atoms with van der Waals surface area (Å²) in [5, 5.41) is 17.7. The van der Waals surface area contributed by atoms with Gasteiger partial charge in [0.15, 0.2) is 0 Å². The van der Waals surface area contributed by atoms with Gasteiger partial charge in [-0.1, -0.05) is 6.07 Å². The molecule has 2 saturated heterocycles. The van der Waals surface area contributed by atoms with Gasteiger partial charge in [-0.3, -0.25) is 9.69 Å². The Hall–Kier alpha value is -3.73. The van der Waals surface area contributed by atoms with Gasteiger partial charge in [0.1, 0.15) is 35.3 Å². The molecule has 0 saturated carbocycles. The second-order valence-electron chi connectivity index (χ2n) is 10.9. The molecule has 1 amide bonds. The molecular formula is C29H30F3N7O2S. The van der Waals surface area contributed by atoms with Crippen LogP contribution in [0.2, 0.25) is 0 Å². The van der Waals surface area contributed by atoms with Crippen LogP contribution in [0.5, 0.6) is 0 Å². The highest BCUT2D eigenvalue weighted by Gasteiger charge is 2.29. The molecule has 2 aliphatic heterocycles. The van der Waals surface area contributed by atoms with Crippen molar-refractivity contribution >= 4 is 44.2 Å². The van der Waals surface area contributed by atoms with E-state index >= 15 is 0 Å². The second-order valence-corrected chi connectivity index (χ2v) is 12.0. The number of hydrogen-bond acceptors (Lipinski definition) is 8. The van der Waals surface area contributed by atoms with Crippen molar-refractivity contribution in [1.82, 2.24) is 24.8 Å². The number of ether oxygens (including phenoxy) is 1. The highest BCUT2D eigenvalue weighted by molar-refractivity contribution is 7.18. The number of carbonyl (C=O) groups is 1. The predicted octanol–water partition coefficient (Wildman–Crippen LogP) is 4.60. The maximum absolute atomic E-state index is 12.9. The number of likely N-dealkylation sites (tertiary alicyclic amines) is 1. The number of piperidine rings is 1. The maximum atomic E-state index is 12.9. The van der Waals surface area contributed by atoms with Crippen LogP contribution in [0.3, 0.4) is 0 Å². The van der Waals surface area contributed by atoms with Gasteiger partial charge in [-0.15, -0.1) is 11.3 Å². The lowest BCUT2D eigenvalue weighted by atomic mass is 10.0. The Bertz CT molecular complexity index is 1630. The zero-order chi connectivity index (χ0) is 29.3. The van der Waals surface area contributed by atoms with Crippen LogP contribution in [0.15, 0.2) is 36.7 Å². The van der Waals surface area contributed by atoms with Gasteiger partial charge in [0.25, 0.3) is 0 Å². The maximum Gasteiger partial charge on any atom is 0.393 e. The standard InChI is InChI=1S/C29H30F3N7O2S/c30-29(31,32)12-23-11-24-27(35-17-36-28(24)42-23)37-20-3-6-38(7-4-20)15-18-1-2-25-19(9-18)10-21(13-33)39(25)8-5-22-14-34-26(40)16-41-22/h1-2,9-11,17,20,22H,3-8,12,14-16H2,(H,34,40)(H,35,36,37)/t22-/m0/s1. The number of hydrogen-bond donors (Lipinski definition) is 2. The zero-order valence-corrected chi connectivity index (χ0v) is 23.6. The number of nitrogens with zero attached hydrogens (tertiary/aromatic N) is 5. The summed E-state index contributed by atoms with van der Waals surface area (Å²) < 4.78 is 46.2. The number of nitriles is 1. The van der Waals surface area contributed by atoms with Crippen molar-refractivity contribution in [3.8, 4) is 6.07 Å². The number of aryl methyl sites for hydroxylation is 1. The first-order valence-corrected chi connectivity index (χ1v) is 14.8. The third kappa shape index (κ3) is 6.51. The normalized spacial score (nSPS) is 18.8. The Balaban J connectivity index is 1.05. The minimum atomic E-state index is -4.26. The summed E-state index contributed by atoms with van der Waals surface area (Å²) in [6, 6.07) is 12.3. The number of benzene rings is 1. The van der Waals surface area contributed by atoms with Crippen LogP contribution in [0.25, 0.3) is 21.1 Å². The molecule has 1 aromatic carbocycles. The summed E-state index contributed by atoms with van der Waals surface area (Å²) in [7, 11) is 0. The van der Waals surface area contributed by atoms with Gasteiger partial charge in [0.05, 0.1) is 17.9 Å². The van der Waals surface area contributed by atoms with E-state index in [-0.39, 0.29) is 29.5 Å². The average molecular weight is 598 g/mol. The molecule has 0 spiro atoms. The predicted molar refractivity (Wildman–Crippen MR) is 153 cm³/mol. The lowest BCUT2D eigenvalue weighted by Crippen LogP contribution is -2.43. The Morgan fingerprint density at radius 2 is 2.02 bits per heavy atom. The number of halogens is 3. The Kier molecular flexibility index (Phi) is 8.02. The summed E-state index contributed by atoms with van der Waals surface area (Å²) in [6.07, 6.45) is -1.43. The van der Waals surface area contributed by atoms with E-state index in [1.165, 1.54) is 11.9 Å². The van der Waals surface area contributed by atoms with Crippen LogP contribution in [-0.2, 0) is 29.0 Å². The molecule has 4 aromatic rings. The fraction of sp³-hybridized carbons (Fsp3) is 0.448. The number of amides is 1. The minimum Gasteiger partial charge on any atom is -0.367 e. The number of alkyl halides is 3. The largest absolute Gasteiger partial charge is 0.393 e. The molecule has 220 valence electrons. The van der Waals surface area contributed by atoms with Gasteiger partial charge >= 0.3 is 6.18 Å². The quantitative estimate of drug-likeness (QED) is 0.306. The fourth-order valence-electron chi connectivity index (χ4n) is 5.73. The van der Waals surface area contributed by atoms with Gasteiger partial charge in [-0.25, -0.2) is 9.97 Å². The molecule has 2 aliphatic rings. The van der Waals surface area contributed by atoms with Crippen molar-refractivity contribution in [2.45, 2.75) is 57.1 Å². The van der Waals surface area contributed by atoms with E-state index in [1.807, 2.05) is 10.6 Å². The topological polar surface area (TPSA) is 108 Å². The number of carbonyl (C=O) groups excluding carboxylic acids is 1. The molecule has 0 aliphatic carbocycles. The summed E-state index contributed by atoms with van der Waals surface area (Å²) in [4.78, 5) is 23.0. The molecule has 6 rings (SSSR count). The third-order valence-electron chi connectivity index (χ3n) is 7.82. The lowest BCUT2D eigenvalue weighted by molar-refractivity contribution is -0.133. The number of aromatic nitrogens is 3. The van der Waals surface area contributed by atoms with Crippen LogP contribution in [0.4, 0.5) is 19.0 Å². The van der Waals surface area contributed by atoms with Crippen LogP contribution in [0.1, 0.15) is 35.4 Å². The first-order valence-electron chi connectivity index (χ1n) is 13.9. The molecule has 2 N–H and O–H groups in total. The molecule has 1 atom stereocenters.